The third-order valence-electron chi connectivity index (χ3n) is 2.60. The molecule has 0 spiro atoms. The molecule has 0 unspecified atom stereocenters. The number of amides is 1. The number of benzene rings is 2. The van der Waals surface area contributed by atoms with E-state index >= 15 is 0 Å². The maximum Gasteiger partial charge on any atom is 0.262 e. The van der Waals surface area contributed by atoms with Gasteiger partial charge in [0.1, 0.15) is 22.9 Å². The van der Waals surface area contributed by atoms with Crippen LogP contribution in [0.3, 0.4) is 0 Å². The molecule has 0 aliphatic heterocycles. The van der Waals surface area contributed by atoms with Gasteiger partial charge in [0.25, 0.3) is 5.91 Å². The first kappa shape index (κ1) is 14.7. The van der Waals surface area contributed by atoms with Gasteiger partial charge in [-0.25, -0.2) is 8.78 Å². The molecule has 0 fully saturated rings. The topological polar surface area (TPSA) is 38.3 Å². The van der Waals surface area contributed by atoms with Gasteiger partial charge in [0, 0.05) is 3.57 Å². The fourth-order valence-electron chi connectivity index (χ4n) is 1.67. The second-order valence-electron chi connectivity index (χ2n) is 3.90. The van der Waals surface area contributed by atoms with E-state index < -0.39 is 17.5 Å². The van der Waals surface area contributed by atoms with E-state index in [1.807, 2.05) is 22.6 Å². The lowest BCUT2D eigenvalue weighted by molar-refractivity contribution is 0.102. The van der Waals surface area contributed by atoms with Crippen molar-refractivity contribution in [1.29, 1.82) is 0 Å². The number of carbonyl (C=O) groups is 1. The molecule has 20 heavy (non-hydrogen) atoms. The van der Waals surface area contributed by atoms with Crippen molar-refractivity contribution < 1.29 is 18.3 Å². The van der Waals surface area contributed by atoms with E-state index in [1.165, 1.54) is 43.5 Å². The highest BCUT2D eigenvalue weighted by Gasteiger charge is 2.18. The molecule has 0 aromatic heterocycles. The van der Waals surface area contributed by atoms with Crippen molar-refractivity contribution in [3.05, 3.63) is 57.2 Å². The maximum atomic E-state index is 13.8. The number of carbonyl (C=O) groups excluding carboxylic acids is 1. The summed E-state index contributed by atoms with van der Waals surface area (Å²) in [5.74, 6) is -1.60. The average molecular weight is 389 g/mol. The van der Waals surface area contributed by atoms with E-state index in [1.54, 1.807) is 0 Å². The zero-order valence-corrected chi connectivity index (χ0v) is 12.6. The minimum Gasteiger partial charge on any atom is -0.496 e. The smallest absolute Gasteiger partial charge is 0.262 e. The van der Waals surface area contributed by atoms with Crippen molar-refractivity contribution in [3.63, 3.8) is 0 Å². The molecule has 0 bridgehead atoms. The SMILES string of the molecule is COc1cccc(F)c1C(=O)Nc1ccc(F)cc1I. The Labute approximate surface area is 128 Å². The number of anilines is 1. The molecule has 0 aliphatic rings. The summed E-state index contributed by atoms with van der Waals surface area (Å²) in [4.78, 5) is 12.1. The molecule has 3 nitrogen and oxygen atoms in total. The van der Waals surface area contributed by atoms with Gasteiger partial charge in [-0.3, -0.25) is 4.79 Å². The van der Waals surface area contributed by atoms with Crippen LogP contribution in [-0.2, 0) is 0 Å². The van der Waals surface area contributed by atoms with Gasteiger partial charge >= 0.3 is 0 Å². The van der Waals surface area contributed by atoms with E-state index in [4.69, 9.17) is 4.74 Å². The summed E-state index contributed by atoms with van der Waals surface area (Å²) < 4.78 is 32.2. The fraction of sp³-hybridized carbons (Fsp3) is 0.0714. The lowest BCUT2D eigenvalue weighted by atomic mass is 10.1. The highest BCUT2D eigenvalue weighted by molar-refractivity contribution is 14.1. The molecule has 0 saturated heterocycles. The van der Waals surface area contributed by atoms with Crippen LogP contribution in [0.5, 0.6) is 5.75 Å². The number of ether oxygens (including phenoxy) is 1. The van der Waals surface area contributed by atoms with Crippen molar-refractivity contribution in [2.75, 3.05) is 12.4 Å². The van der Waals surface area contributed by atoms with Crippen LogP contribution in [0.4, 0.5) is 14.5 Å². The summed E-state index contributed by atoms with van der Waals surface area (Å²) in [6.45, 7) is 0. The van der Waals surface area contributed by atoms with Crippen LogP contribution in [0.25, 0.3) is 0 Å². The van der Waals surface area contributed by atoms with Gasteiger partial charge in [-0.15, -0.1) is 0 Å². The van der Waals surface area contributed by atoms with Gasteiger partial charge in [0.05, 0.1) is 12.8 Å². The third kappa shape index (κ3) is 3.06. The molecule has 2 aromatic rings. The zero-order valence-electron chi connectivity index (χ0n) is 10.4. The summed E-state index contributed by atoms with van der Waals surface area (Å²) >= 11 is 1.89. The van der Waals surface area contributed by atoms with Crippen LogP contribution in [0, 0.1) is 15.2 Å². The van der Waals surface area contributed by atoms with Gasteiger partial charge in [-0.05, 0) is 52.9 Å². The zero-order chi connectivity index (χ0) is 14.7. The fourth-order valence-corrected chi connectivity index (χ4v) is 2.28. The number of nitrogens with one attached hydrogen (secondary N) is 1. The van der Waals surface area contributed by atoms with Crippen LogP contribution in [0.15, 0.2) is 36.4 Å². The molecule has 1 N–H and O–H groups in total. The quantitative estimate of drug-likeness (QED) is 0.811. The summed E-state index contributed by atoms with van der Waals surface area (Å²) in [5, 5.41) is 2.54. The molecule has 2 rings (SSSR count). The lowest BCUT2D eigenvalue weighted by Gasteiger charge is -2.11. The molecular weight excluding hydrogens is 379 g/mol. The van der Waals surface area contributed by atoms with Gasteiger partial charge in [0.15, 0.2) is 0 Å². The highest BCUT2D eigenvalue weighted by atomic mass is 127. The molecule has 0 radical (unpaired) electrons. The molecular formula is C14H10F2INO2. The van der Waals surface area contributed by atoms with Crippen molar-refractivity contribution in [2.24, 2.45) is 0 Å². The molecule has 2 aromatic carbocycles. The molecule has 0 saturated carbocycles. The van der Waals surface area contributed by atoms with E-state index in [0.29, 0.717) is 9.26 Å². The Morgan fingerprint density at radius 2 is 2.00 bits per heavy atom. The molecule has 0 heterocycles. The van der Waals surface area contributed by atoms with Crippen molar-refractivity contribution >= 4 is 34.2 Å². The second kappa shape index (κ2) is 6.17. The number of hydrogen-bond acceptors (Lipinski definition) is 2. The number of methoxy groups -OCH3 is 1. The third-order valence-corrected chi connectivity index (χ3v) is 3.49. The average Bonchev–Trinajstić information content (AvgIpc) is 2.41. The van der Waals surface area contributed by atoms with Gasteiger partial charge in [-0.2, -0.15) is 0 Å². The first-order valence-electron chi connectivity index (χ1n) is 5.62. The Balaban J connectivity index is 2.33. The van der Waals surface area contributed by atoms with Crippen LogP contribution in [-0.4, -0.2) is 13.0 Å². The van der Waals surface area contributed by atoms with Crippen LogP contribution < -0.4 is 10.1 Å². The molecule has 0 aliphatic carbocycles. The van der Waals surface area contributed by atoms with Crippen LogP contribution in [0.1, 0.15) is 10.4 Å². The Kier molecular flexibility index (Phi) is 4.53. The molecule has 104 valence electrons. The minimum atomic E-state index is -0.682. The van der Waals surface area contributed by atoms with Crippen LogP contribution >= 0.6 is 22.6 Å². The number of halogens is 3. The van der Waals surface area contributed by atoms with Gasteiger partial charge < -0.3 is 10.1 Å². The summed E-state index contributed by atoms with van der Waals surface area (Å²) in [6.07, 6.45) is 0. The Bertz CT molecular complexity index is 662. The van der Waals surface area contributed by atoms with Gasteiger partial charge in [-0.1, -0.05) is 6.07 Å². The first-order chi connectivity index (χ1) is 9.52. The summed E-state index contributed by atoms with van der Waals surface area (Å²) in [6, 6.07) is 8.03. The summed E-state index contributed by atoms with van der Waals surface area (Å²) in [7, 11) is 1.35. The highest BCUT2D eigenvalue weighted by Crippen LogP contribution is 2.24. The molecule has 0 atom stereocenters. The van der Waals surface area contributed by atoms with E-state index in [-0.39, 0.29) is 11.3 Å². The van der Waals surface area contributed by atoms with Crippen LogP contribution in [0.2, 0.25) is 0 Å². The summed E-state index contributed by atoms with van der Waals surface area (Å²) in [5.41, 5.74) is 0.220. The number of rotatable bonds is 3. The Morgan fingerprint density at radius 1 is 1.25 bits per heavy atom. The largest absolute Gasteiger partial charge is 0.496 e. The van der Waals surface area contributed by atoms with Crippen molar-refractivity contribution in [2.45, 2.75) is 0 Å². The minimum absolute atomic E-state index is 0.139. The maximum absolute atomic E-state index is 13.8. The standard InChI is InChI=1S/C14H10F2INO2/c1-20-12-4-2-3-9(16)13(12)14(19)18-11-6-5-8(15)7-10(11)17/h2-7H,1H3,(H,18,19). The molecule has 1 amide bonds. The Morgan fingerprint density at radius 3 is 2.65 bits per heavy atom. The monoisotopic (exact) mass is 389 g/mol. The number of hydrogen-bond donors (Lipinski definition) is 1. The predicted molar refractivity (Wildman–Crippen MR) is 80.0 cm³/mol. The van der Waals surface area contributed by atoms with Crippen molar-refractivity contribution in [1.82, 2.24) is 0 Å². The first-order valence-corrected chi connectivity index (χ1v) is 6.69. The predicted octanol–water partition coefficient (Wildman–Crippen LogP) is 3.83. The normalized spacial score (nSPS) is 10.2. The van der Waals surface area contributed by atoms with Crippen molar-refractivity contribution in [3.8, 4) is 5.75 Å². The second-order valence-corrected chi connectivity index (χ2v) is 5.06. The van der Waals surface area contributed by atoms with Gasteiger partial charge in [0.2, 0.25) is 0 Å². The molecule has 6 heteroatoms. The van der Waals surface area contributed by atoms with E-state index in [0.717, 1.165) is 0 Å². The Hall–Kier alpha value is -1.70. The van der Waals surface area contributed by atoms with E-state index in [9.17, 15) is 13.6 Å². The lowest BCUT2D eigenvalue weighted by Crippen LogP contribution is -2.16. The van der Waals surface area contributed by atoms with E-state index in [2.05, 4.69) is 5.32 Å².